The van der Waals surface area contributed by atoms with E-state index in [4.69, 9.17) is 12.2 Å². The first-order chi connectivity index (χ1) is 11.4. The highest BCUT2D eigenvalue weighted by atomic mass is 32.1. The first-order valence-electron chi connectivity index (χ1n) is 7.49. The van der Waals surface area contributed by atoms with E-state index in [1.54, 1.807) is 13.1 Å². The van der Waals surface area contributed by atoms with Gasteiger partial charge in [-0.05, 0) is 55.9 Å². The Bertz CT molecular complexity index is 881. The van der Waals surface area contributed by atoms with Crippen LogP contribution in [0.1, 0.15) is 17.0 Å². The maximum absolute atomic E-state index is 12.3. The number of thiocarbonyl (C=S) groups is 1. The van der Waals surface area contributed by atoms with Gasteiger partial charge < -0.3 is 4.57 Å². The van der Waals surface area contributed by atoms with E-state index in [1.807, 2.05) is 50.2 Å². The Kier molecular flexibility index (Phi) is 4.07. The number of nitrogens with one attached hydrogen (secondary N) is 1. The number of amides is 2. The van der Waals surface area contributed by atoms with Crippen LogP contribution in [0.3, 0.4) is 0 Å². The van der Waals surface area contributed by atoms with Crippen molar-refractivity contribution >= 4 is 35.2 Å². The summed E-state index contributed by atoms with van der Waals surface area (Å²) >= 11 is 4.96. The number of likely N-dealkylation sites (N-methyl/N-ethyl adjacent to an activating group) is 1. The topological polar surface area (TPSA) is 54.3 Å². The summed E-state index contributed by atoms with van der Waals surface area (Å²) in [4.78, 5) is 25.7. The van der Waals surface area contributed by atoms with Gasteiger partial charge in [0.25, 0.3) is 11.8 Å². The largest absolute Gasteiger partial charge is 0.318 e. The molecule has 0 spiro atoms. The van der Waals surface area contributed by atoms with Gasteiger partial charge in [0.1, 0.15) is 5.57 Å². The second kappa shape index (κ2) is 6.05. The van der Waals surface area contributed by atoms with Crippen LogP contribution in [0.4, 0.5) is 0 Å². The molecule has 2 aromatic rings. The zero-order valence-electron chi connectivity index (χ0n) is 13.7. The average Bonchev–Trinajstić information content (AvgIpc) is 2.84. The zero-order chi connectivity index (χ0) is 17.4. The fourth-order valence-electron chi connectivity index (χ4n) is 2.81. The Morgan fingerprint density at radius 2 is 1.79 bits per heavy atom. The molecule has 24 heavy (non-hydrogen) atoms. The molecule has 2 amide bonds. The van der Waals surface area contributed by atoms with Crippen molar-refractivity contribution in [3.63, 3.8) is 0 Å². The molecule has 0 atom stereocenters. The molecule has 122 valence electrons. The molecule has 0 unspecified atom stereocenters. The third-order valence-corrected chi connectivity index (χ3v) is 4.47. The highest BCUT2D eigenvalue weighted by Crippen LogP contribution is 2.23. The maximum Gasteiger partial charge on any atom is 0.265 e. The Hall–Kier alpha value is -2.73. The lowest BCUT2D eigenvalue weighted by Gasteiger charge is -2.25. The van der Waals surface area contributed by atoms with Crippen LogP contribution < -0.4 is 5.32 Å². The summed E-state index contributed by atoms with van der Waals surface area (Å²) in [6.45, 7) is 3.96. The first kappa shape index (κ1) is 16.1. The number of rotatable bonds is 2. The number of carbonyl (C=O) groups is 2. The average molecular weight is 339 g/mol. The van der Waals surface area contributed by atoms with Gasteiger partial charge in [0, 0.05) is 24.1 Å². The van der Waals surface area contributed by atoms with E-state index in [9.17, 15) is 9.59 Å². The Morgan fingerprint density at radius 3 is 2.46 bits per heavy atom. The molecule has 5 nitrogen and oxygen atoms in total. The minimum atomic E-state index is -0.465. The van der Waals surface area contributed by atoms with Crippen molar-refractivity contribution in [3.05, 3.63) is 58.9 Å². The van der Waals surface area contributed by atoms with Crippen molar-refractivity contribution < 1.29 is 9.59 Å². The second-order valence-electron chi connectivity index (χ2n) is 5.68. The van der Waals surface area contributed by atoms with Crippen LogP contribution in [0.25, 0.3) is 11.8 Å². The molecule has 1 saturated heterocycles. The van der Waals surface area contributed by atoms with Crippen LogP contribution in [0.15, 0.2) is 42.0 Å². The number of benzene rings is 1. The minimum absolute atomic E-state index is 0.0828. The van der Waals surface area contributed by atoms with Crippen LogP contribution in [-0.4, -0.2) is 33.4 Å². The molecule has 0 saturated carbocycles. The summed E-state index contributed by atoms with van der Waals surface area (Å²) in [5, 5.41) is 2.65. The van der Waals surface area contributed by atoms with Gasteiger partial charge in [0.05, 0.1) is 0 Å². The second-order valence-corrected chi connectivity index (χ2v) is 6.07. The number of nitrogens with zero attached hydrogens (tertiary/aromatic N) is 2. The van der Waals surface area contributed by atoms with Gasteiger partial charge in [-0.1, -0.05) is 18.2 Å². The predicted molar refractivity (Wildman–Crippen MR) is 96.7 cm³/mol. The summed E-state index contributed by atoms with van der Waals surface area (Å²) in [7, 11) is 1.55. The van der Waals surface area contributed by atoms with Gasteiger partial charge in [-0.15, -0.1) is 0 Å². The van der Waals surface area contributed by atoms with Gasteiger partial charge in [0.15, 0.2) is 5.11 Å². The quantitative estimate of drug-likeness (QED) is 0.519. The summed E-state index contributed by atoms with van der Waals surface area (Å²) < 4.78 is 2.09. The van der Waals surface area contributed by atoms with Crippen LogP contribution in [0, 0.1) is 13.8 Å². The van der Waals surface area contributed by atoms with Crippen LogP contribution in [-0.2, 0) is 9.59 Å². The molecule has 2 heterocycles. The molecule has 1 fully saturated rings. The van der Waals surface area contributed by atoms with Crippen molar-refractivity contribution in [1.82, 2.24) is 14.8 Å². The molecule has 1 aromatic carbocycles. The summed E-state index contributed by atoms with van der Waals surface area (Å²) in [6.07, 6.45) is 1.62. The van der Waals surface area contributed by atoms with E-state index in [1.165, 1.54) is 4.90 Å². The Balaban J connectivity index is 2.07. The zero-order valence-corrected chi connectivity index (χ0v) is 14.5. The van der Waals surface area contributed by atoms with Crippen molar-refractivity contribution in [2.24, 2.45) is 0 Å². The third kappa shape index (κ3) is 2.65. The molecule has 1 N–H and O–H groups in total. The first-order valence-corrected chi connectivity index (χ1v) is 7.90. The molecule has 3 rings (SSSR count). The van der Waals surface area contributed by atoms with Crippen molar-refractivity contribution in [3.8, 4) is 5.69 Å². The Labute approximate surface area is 145 Å². The monoisotopic (exact) mass is 339 g/mol. The number of hydrogen-bond donors (Lipinski definition) is 1. The molecular formula is C18H17N3O2S. The van der Waals surface area contributed by atoms with E-state index >= 15 is 0 Å². The van der Waals surface area contributed by atoms with E-state index < -0.39 is 11.8 Å². The molecule has 0 aliphatic carbocycles. The fraction of sp³-hybridized carbons (Fsp3) is 0.167. The maximum atomic E-state index is 12.3. The summed E-state index contributed by atoms with van der Waals surface area (Å²) in [5.74, 6) is -0.860. The smallest absolute Gasteiger partial charge is 0.265 e. The number of hydrogen-bond acceptors (Lipinski definition) is 3. The van der Waals surface area contributed by atoms with Gasteiger partial charge >= 0.3 is 0 Å². The number of para-hydroxylation sites is 1. The molecule has 1 aliphatic heterocycles. The minimum Gasteiger partial charge on any atom is -0.318 e. The highest BCUT2D eigenvalue weighted by molar-refractivity contribution is 7.80. The van der Waals surface area contributed by atoms with Gasteiger partial charge in [-0.3, -0.25) is 19.8 Å². The van der Waals surface area contributed by atoms with Crippen LogP contribution >= 0.6 is 12.2 Å². The molecule has 1 aliphatic rings. The fourth-order valence-corrected chi connectivity index (χ4v) is 2.98. The number of aromatic nitrogens is 1. The SMILES string of the molecule is Cc1cc(/C=C2/C(=O)NC(=S)N(C)C2=O)c(C)n1-c1ccccc1. The lowest BCUT2D eigenvalue weighted by Crippen LogP contribution is -2.52. The van der Waals surface area contributed by atoms with Gasteiger partial charge in [-0.25, -0.2) is 0 Å². The van der Waals surface area contributed by atoms with E-state index in [0.717, 1.165) is 22.6 Å². The molecule has 0 radical (unpaired) electrons. The predicted octanol–water partition coefficient (Wildman–Crippen LogP) is 2.35. The lowest BCUT2D eigenvalue weighted by molar-refractivity contribution is -0.128. The van der Waals surface area contributed by atoms with E-state index in [-0.39, 0.29) is 10.7 Å². The number of carbonyl (C=O) groups excluding carboxylic acids is 2. The molecule has 1 aromatic heterocycles. The third-order valence-electron chi connectivity index (χ3n) is 4.09. The molecular weight excluding hydrogens is 322 g/mol. The van der Waals surface area contributed by atoms with E-state index in [2.05, 4.69) is 9.88 Å². The van der Waals surface area contributed by atoms with E-state index in [0.29, 0.717) is 0 Å². The van der Waals surface area contributed by atoms with Crippen molar-refractivity contribution in [1.29, 1.82) is 0 Å². The summed E-state index contributed by atoms with van der Waals surface area (Å²) in [5.41, 5.74) is 3.94. The number of aryl methyl sites for hydroxylation is 1. The van der Waals surface area contributed by atoms with Crippen LogP contribution in [0.2, 0.25) is 0 Å². The van der Waals surface area contributed by atoms with Gasteiger partial charge in [0.2, 0.25) is 0 Å². The summed E-state index contributed by atoms with van der Waals surface area (Å²) in [6, 6.07) is 11.9. The Morgan fingerprint density at radius 1 is 1.12 bits per heavy atom. The highest BCUT2D eigenvalue weighted by Gasteiger charge is 2.31. The van der Waals surface area contributed by atoms with Crippen molar-refractivity contribution in [2.45, 2.75) is 13.8 Å². The molecule has 0 bridgehead atoms. The standard InChI is InChI=1S/C18H17N3O2S/c1-11-9-13(12(2)21(11)14-7-5-4-6-8-14)10-15-16(22)19-18(24)20(3)17(15)23/h4-10H,1-3H3,(H,19,22,24)/b15-10-. The van der Waals surface area contributed by atoms with Gasteiger partial charge in [-0.2, -0.15) is 0 Å². The lowest BCUT2D eigenvalue weighted by atomic mass is 10.1. The molecule has 6 heteroatoms. The van der Waals surface area contributed by atoms with Crippen molar-refractivity contribution in [2.75, 3.05) is 7.05 Å². The van der Waals surface area contributed by atoms with Crippen LogP contribution in [0.5, 0.6) is 0 Å². The normalized spacial score (nSPS) is 16.7.